The molecule has 1 heterocycles. The average molecular weight is 298 g/mol. The second kappa shape index (κ2) is 7.15. The van der Waals surface area contributed by atoms with Crippen molar-refractivity contribution in [3.05, 3.63) is 30.1 Å². The highest BCUT2D eigenvalue weighted by molar-refractivity contribution is 7.89. The first kappa shape index (κ1) is 15.4. The molecule has 1 fully saturated rings. The van der Waals surface area contributed by atoms with Crippen molar-refractivity contribution < 1.29 is 13.5 Å². The number of hydrogen-bond donors (Lipinski definition) is 2. The van der Waals surface area contributed by atoms with Crippen molar-refractivity contribution in [1.82, 2.24) is 9.71 Å². The number of aryl methyl sites for hydroxylation is 1. The monoisotopic (exact) mass is 298 g/mol. The zero-order valence-electron chi connectivity index (χ0n) is 11.5. The smallest absolute Gasteiger partial charge is 0.211 e. The van der Waals surface area contributed by atoms with Gasteiger partial charge < -0.3 is 5.11 Å². The Morgan fingerprint density at radius 1 is 1.30 bits per heavy atom. The molecule has 5 nitrogen and oxygen atoms in total. The zero-order chi connectivity index (χ0) is 14.4. The summed E-state index contributed by atoms with van der Waals surface area (Å²) in [6.45, 7) is 0.339. The third-order valence-electron chi connectivity index (χ3n) is 3.79. The average Bonchev–Trinajstić information content (AvgIpc) is 2.46. The lowest BCUT2D eigenvalue weighted by Crippen LogP contribution is -2.37. The third kappa shape index (κ3) is 4.85. The number of aliphatic hydroxyl groups excluding tert-OH is 1. The van der Waals surface area contributed by atoms with Crippen LogP contribution in [0.5, 0.6) is 0 Å². The Hall–Kier alpha value is -0.980. The van der Waals surface area contributed by atoms with Crippen molar-refractivity contribution in [2.75, 3.05) is 12.3 Å². The van der Waals surface area contributed by atoms with Gasteiger partial charge in [-0.1, -0.05) is 18.9 Å². The van der Waals surface area contributed by atoms with E-state index in [4.69, 9.17) is 0 Å². The van der Waals surface area contributed by atoms with Crippen LogP contribution in [0.2, 0.25) is 0 Å². The molecule has 2 rings (SSSR count). The topological polar surface area (TPSA) is 79.3 Å². The molecule has 0 aromatic carbocycles. The molecule has 1 aliphatic rings. The SMILES string of the molecule is O=S(=O)(CCc1ccccn1)NCC1CCCCC1O. The lowest BCUT2D eigenvalue weighted by Gasteiger charge is -2.27. The van der Waals surface area contributed by atoms with E-state index in [2.05, 4.69) is 9.71 Å². The molecule has 1 aromatic heterocycles. The Morgan fingerprint density at radius 2 is 2.10 bits per heavy atom. The first-order valence-corrected chi connectivity index (χ1v) is 8.77. The normalized spacial score (nSPS) is 23.6. The van der Waals surface area contributed by atoms with Gasteiger partial charge in [-0.15, -0.1) is 0 Å². The minimum absolute atomic E-state index is 0.0346. The second-order valence-electron chi connectivity index (χ2n) is 5.35. The fraction of sp³-hybridized carbons (Fsp3) is 0.643. The van der Waals surface area contributed by atoms with Gasteiger partial charge in [0.1, 0.15) is 0 Å². The van der Waals surface area contributed by atoms with Gasteiger partial charge in [0, 0.05) is 24.9 Å². The van der Waals surface area contributed by atoms with Crippen molar-refractivity contribution in [2.24, 2.45) is 5.92 Å². The van der Waals surface area contributed by atoms with Crippen LogP contribution in [0.15, 0.2) is 24.4 Å². The number of pyridine rings is 1. The van der Waals surface area contributed by atoms with E-state index in [-0.39, 0.29) is 17.8 Å². The van der Waals surface area contributed by atoms with E-state index in [0.29, 0.717) is 13.0 Å². The van der Waals surface area contributed by atoms with Crippen LogP contribution in [0.3, 0.4) is 0 Å². The zero-order valence-corrected chi connectivity index (χ0v) is 12.3. The number of sulfonamides is 1. The number of nitrogens with zero attached hydrogens (tertiary/aromatic N) is 1. The molecule has 0 saturated heterocycles. The lowest BCUT2D eigenvalue weighted by atomic mass is 9.87. The first-order chi connectivity index (χ1) is 9.57. The molecule has 0 amide bonds. The Labute approximate surface area is 120 Å². The number of hydrogen-bond acceptors (Lipinski definition) is 4. The number of rotatable bonds is 6. The second-order valence-corrected chi connectivity index (χ2v) is 7.28. The summed E-state index contributed by atoms with van der Waals surface area (Å²) >= 11 is 0. The van der Waals surface area contributed by atoms with Crippen LogP contribution in [-0.4, -0.2) is 36.9 Å². The van der Waals surface area contributed by atoms with Gasteiger partial charge in [0.15, 0.2) is 0 Å². The van der Waals surface area contributed by atoms with E-state index < -0.39 is 10.0 Å². The Bertz CT molecular complexity index is 504. The van der Waals surface area contributed by atoms with E-state index in [1.165, 1.54) is 0 Å². The molecule has 0 spiro atoms. The Morgan fingerprint density at radius 3 is 2.80 bits per heavy atom. The molecule has 1 aromatic rings. The fourth-order valence-corrected chi connectivity index (χ4v) is 3.61. The maximum Gasteiger partial charge on any atom is 0.211 e. The van der Waals surface area contributed by atoms with Gasteiger partial charge in [-0.3, -0.25) is 4.98 Å². The summed E-state index contributed by atoms with van der Waals surface area (Å²) in [4.78, 5) is 4.11. The van der Waals surface area contributed by atoms with Crippen LogP contribution in [0.25, 0.3) is 0 Å². The van der Waals surface area contributed by atoms with E-state index in [1.807, 2.05) is 12.1 Å². The van der Waals surface area contributed by atoms with Gasteiger partial charge in [-0.25, -0.2) is 13.1 Å². The predicted molar refractivity (Wildman–Crippen MR) is 77.7 cm³/mol. The van der Waals surface area contributed by atoms with Crippen LogP contribution in [0, 0.1) is 5.92 Å². The van der Waals surface area contributed by atoms with Crippen molar-refractivity contribution in [3.8, 4) is 0 Å². The standard InChI is InChI=1S/C14H22N2O3S/c17-14-7-2-1-5-12(14)11-16-20(18,19)10-8-13-6-3-4-9-15-13/h3-4,6,9,12,14,16-17H,1-2,5,7-8,10-11H2. The minimum Gasteiger partial charge on any atom is -0.393 e. The molecule has 20 heavy (non-hydrogen) atoms. The van der Waals surface area contributed by atoms with E-state index in [0.717, 1.165) is 31.4 Å². The van der Waals surface area contributed by atoms with Gasteiger partial charge in [-0.2, -0.15) is 0 Å². The van der Waals surface area contributed by atoms with E-state index in [9.17, 15) is 13.5 Å². The summed E-state index contributed by atoms with van der Waals surface area (Å²) in [6, 6.07) is 5.47. The summed E-state index contributed by atoms with van der Waals surface area (Å²) < 4.78 is 26.5. The van der Waals surface area contributed by atoms with Gasteiger partial charge in [0.2, 0.25) is 10.0 Å². The van der Waals surface area contributed by atoms with Gasteiger partial charge >= 0.3 is 0 Å². The largest absolute Gasteiger partial charge is 0.393 e. The molecule has 2 atom stereocenters. The maximum absolute atomic E-state index is 11.9. The van der Waals surface area contributed by atoms with Crippen molar-refractivity contribution in [2.45, 2.75) is 38.2 Å². The molecule has 112 valence electrons. The van der Waals surface area contributed by atoms with Crippen molar-refractivity contribution in [1.29, 1.82) is 0 Å². The number of aliphatic hydroxyl groups is 1. The van der Waals surface area contributed by atoms with Crippen molar-refractivity contribution in [3.63, 3.8) is 0 Å². The summed E-state index contributed by atoms with van der Waals surface area (Å²) in [5.41, 5.74) is 0.774. The fourth-order valence-electron chi connectivity index (χ4n) is 2.52. The highest BCUT2D eigenvalue weighted by atomic mass is 32.2. The molecule has 0 aliphatic heterocycles. The van der Waals surface area contributed by atoms with Crippen LogP contribution in [0.4, 0.5) is 0 Å². The summed E-state index contributed by atoms with van der Waals surface area (Å²) in [7, 11) is -3.30. The number of aromatic nitrogens is 1. The summed E-state index contributed by atoms with van der Waals surface area (Å²) in [6.07, 6.45) is 5.46. The maximum atomic E-state index is 11.9. The first-order valence-electron chi connectivity index (χ1n) is 7.12. The van der Waals surface area contributed by atoms with Gasteiger partial charge in [0.25, 0.3) is 0 Å². The minimum atomic E-state index is -3.30. The molecule has 0 bridgehead atoms. The Balaban J connectivity index is 1.79. The predicted octanol–water partition coefficient (Wildman–Crippen LogP) is 1.09. The van der Waals surface area contributed by atoms with E-state index >= 15 is 0 Å². The summed E-state index contributed by atoms with van der Waals surface area (Å²) in [5.74, 6) is 0.0840. The third-order valence-corrected chi connectivity index (χ3v) is 5.14. The van der Waals surface area contributed by atoms with Crippen molar-refractivity contribution >= 4 is 10.0 Å². The van der Waals surface area contributed by atoms with Crippen LogP contribution in [-0.2, 0) is 16.4 Å². The molecule has 2 unspecified atom stereocenters. The van der Waals surface area contributed by atoms with Gasteiger partial charge in [0.05, 0.1) is 11.9 Å². The van der Waals surface area contributed by atoms with Crippen LogP contribution >= 0.6 is 0 Å². The highest BCUT2D eigenvalue weighted by Gasteiger charge is 2.24. The molecule has 1 saturated carbocycles. The van der Waals surface area contributed by atoms with Gasteiger partial charge in [-0.05, 0) is 30.9 Å². The lowest BCUT2D eigenvalue weighted by molar-refractivity contribution is 0.0724. The van der Waals surface area contributed by atoms with Crippen LogP contribution < -0.4 is 4.72 Å². The molecule has 2 N–H and O–H groups in total. The number of nitrogens with one attached hydrogen (secondary N) is 1. The van der Waals surface area contributed by atoms with Crippen LogP contribution in [0.1, 0.15) is 31.4 Å². The molecule has 0 radical (unpaired) electrons. The Kier molecular flexibility index (Phi) is 5.51. The van der Waals surface area contributed by atoms with E-state index in [1.54, 1.807) is 12.3 Å². The molecule has 1 aliphatic carbocycles. The molecule has 6 heteroatoms. The molecular weight excluding hydrogens is 276 g/mol. The summed E-state index contributed by atoms with van der Waals surface area (Å²) in [5, 5.41) is 9.83. The quantitative estimate of drug-likeness (QED) is 0.824. The molecular formula is C14H22N2O3S. The highest BCUT2D eigenvalue weighted by Crippen LogP contribution is 2.23.